The van der Waals surface area contributed by atoms with Crippen LogP contribution in [0.5, 0.6) is 11.5 Å². The lowest BCUT2D eigenvalue weighted by Gasteiger charge is -2.33. The second kappa shape index (κ2) is 10.9. The molecule has 1 fully saturated rings. The third-order valence-corrected chi connectivity index (χ3v) is 6.75. The van der Waals surface area contributed by atoms with Gasteiger partial charge in [-0.1, -0.05) is 43.5 Å². The molecule has 1 aromatic heterocycles. The van der Waals surface area contributed by atoms with Crippen LogP contribution in [0.15, 0.2) is 72.1 Å². The van der Waals surface area contributed by atoms with E-state index in [9.17, 15) is 22.8 Å². The number of anilines is 1. The highest BCUT2D eigenvalue weighted by Gasteiger charge is 2.48. The van der Waals surface area contributed by atoms with E-state index in [0.29, 0.717) is 21.3 Å². The summed E-state index contributed by atoms with van der Waals surface area (Å²) in [5.41, 5.74) is -0.0510. The maximum Gasteiger partial charge on any atom is 0.471 e. The van der Waals surface area contributed by atoms with E-state index in [-0.39, 0.29) is 11.7 Å². The molecule has 1 heterocycles. The molecule has 0 unspecified atom stereocenters. The van der Waals surface area contributed by atoms with Crippen LogP contribution in [0.2, 0.25) is 0 Å². The molecular formula is C26H25F3N2O3S. The van der Waals surface area contributed by atoms with Crippen molar-refractivity contribution in [2.45, 2.75) is 50.4 Å². The molecule has 1 atom stereocenters. The third-order valence-electron chi connectivity index (χ3n) is 5.83. The van der Waals surface area contributed by atoms with Gasteiger partial charge in [-0.05, 0) is 60.7 Å². The molecule has 1 N–H and O–H groups in total. The molecular weight excluding hydrogens is 477 g/mol. The fourth-order valence-corrected chi connectivity index (χ4v) is 4.98. The molecule has 2 aromatic carbocycles. The van der Waals surface area contributed by atoms with Crippen LogP contribution in [0.1, 0.15) is 43.0 Å². The fourth-order valence-electron chi connectivity index (χ4n) is 4.17. The fraction of sp³-hybridized carbons (Fsp3) is 0.308. The molecule has 0 radical (unpaired) electrons. The summed E-state index contributed by atoms with van der Waals surface area (Å²) < 4.78 is 46.9. The van der Waals surface area contributed by atoms with Crippen molar-refractivity contribution in [1.29, 1.82) is 0 Å². The number of halogens is 3. The molecule has 2 amide bonds. The van der Waals surface area contributed by atoms with E-state index in [4.69, 9.17) is 4.74 Å². The molecule has 1 aliphatic carbocycles. The summed E-state index contributed by atoms with van der Waals surface area (Å²) in [7, 11) is 0. The highest BCUT2D eigenvalue weighted by atomic mass is 32.1. The molecule has 0 saturated heterocycles. The van der Waals surface area contributed by atoms with E-state index in [1.807, 2.05) is 6.07 Å². The third kappa shape index (κ3) is 6.22. The highest BCUT2D eigenvalue weighted by Crippen LogP contribution is 2.36. The smallest absolute Gasteiger partial charge is 0.457 e. The Kier molecular flexibility index (Phi) is 7.75. The first kappa shape index (κ1) is 24.8. The Balaban J connectivity index is 1.67. The monoisotopic (exact) mass is 502 g/mol. The van der Waals surface area contributed by atoms with Gasteiger partial charge in [0.15, 0.2) is 6.04 Å². The topological polar surface area (TPSA) is 58.6 Å². The van der Waals surface area contributed by atoms with E-state index in [0.717, 1.165) is 43.4 Å². The second-order valence-electron chi connectivity index (χ2n) is 8.34. The summed E-state index contributed by atoms with van der Waals surface area (Å²) in [5.74, 6) is -1.78. The first-order valence-corrected chi connectivity index (χ1v) is 12.3. The molecule has 4 rings (SSSR count). The maximum atomic E-state index is 13.7. The van der Waals surface area contributed by atoms with Crippen LogP contribution in [-0.4, -0.2) is 24.0 Å². The van der Waals surface area contributed by atoms with Crippen LogP contribution >= 0.6 is 11.3 Å². The van der Waals surface area contributed by atoms with Crippen LogP contribution in [0.4, 0.5) is 18.9 Å². The molecule has 0 aliphatic heterocycles. The van der Waals surface area contributed by atoms with Crippen molar-refractivity contribution in [1.82, 2.24) is 5.32 Å². The number of carbonyl (C=O) groups excluding carboxylic acids is 2. The van der Waals surface area contributed by atoms with Gasteiger partial charge in [0.2, 0.25) is 5.91 Å². The minimum atomic E-state index is -5.17. The Labute approximate surface area is 205 Å². The van der Waals surface area contributed by atoms with E-state index in [1.165, 1.54) is 24.3 Å². The largest absolute Gasteiger partial charge is 0.471 e. The average molecular weight is 503 g/mol. The summed E-state index contributed by atoms with van der Waals surface area (Å²) >= 11 is 1.13. The van der Waals surface area contributed by atoms with Gasteiger partial charge in [0, 0.05) is 16.6 Å². The van der Waals surface area contributed by atoms with Crippen molar-refractivity contribution < 1.29 is 27.5 Å². The van der Waals surface area contributed by atoms with Crippen LogP contribution in [-0.2, 0) is 9.59 Å². The number of carbonyl (C=O) groups is 2. The number of thiophene rings is 1. The molecule has 184 valence electrons. The zero-order valence-corrected chi connectivity index (χ0v) is 19.6. The number of benzene rings is 2. The summed E-state index contributed by atoms with van der Waals surface area (Å²) in [4.78, 5) is 26.9. The molecule has 35 heavy (non-hydrogen) atoms. The van der Waals surface area contributed by atoms with Crippen molar-refractivity contribution in [2.24, 2.45) is 0 Å². The SMILES string of the molecule is O=C(NC1CCCCC1)[C@@H](c1cccs1)N(C(=O)C(F)(F)F)c1ccc(Oc2ccccc2)cc1. The summed E-state index contributed by atoms with van der Waals surface area (Å²) in [6, 6.07) is 16.2. The van der Waals surface area contributed by atoms with Gasteiger partial charge in [-0.3, -0.25) is 14.5 Å². The van der Waals surface area contributed by atoms with Crippen molar-refractivity contribution in [2.75, 3.05) is 4.90 Å². The number of hydrogen-bond acceptors (Lipinski definition) is 4. The van der Waals surface area contributed by atoms with E-state index < -0.39 is 24.0 Å². The van der Waals surface area contributed by atoms with Crippen molar-refractivity contribution in [3.05, 3.63) is 77.0 Å². The van der Waals surface area contributed by atoms with Gasteiger partial charge in [0.05, 0.1) is 0 Å². The Morgan fingerprint density at radius 3 is 2.17 bits per heavy atom. The lowest BCUT2D eigenvalue weighted by atomic mass is 9.95. The zero-order chi connectivity index (χ0) is 24.8. The van der Waals surface area contributed by atoms with Crippen LogP contribution < -0.4 is 15.0 Å². The maximum absolute atomic E-state index is 13.7. The van der Waals surface area contributed by atoms with Gasteiger partial charge in [-0.15, -0.1) is 11.3 Å². The van der Waals surface area contributed by atoms with E-state index >= 15 is 0 Å². The Bertz CT molecular complexity index is 1110. The Morgan fingerprint density at radius 2 is 1.57 bits per heavy atom. The lowest BCUT2D eigenvalue weighted by molar-refractivity contribution is -0.171. The number of rotatable bonds is 7. The number of nitrogens with zero attached hydrogens (tertiary/aromatic N) is 1. The van der Waals surface area contributed by atoms with Crippen molar-refractivity contribution in [3.8, 4) is 11.5 Å². The van der Waals surface area contributed by atoms with Gasteiger partial charge in [-0.2, -0.15) is 13.2 Å². The van der Waals surface area contributed by atoms with Gasteiger partial charge in [0.25, 0.3) is 0 Å². The number of ether oxygens (including phenoxy) is 1. The number of amides is 2. The van der Waals surface area contributed by atoms with Crippen molar-refractivity contribution >= 4 is 28.8 Å². The summed E-state index contributed by atoms with van der Waals surface area (Å²) in [5, 5.41) is 4.56. The standard InChI is InChI=1S/C26H25F3N2O3S/c27-26(28,29)25(33)31(19-13-15-21(16-14-19)34-20-10-5-2-6-11-20)23(22-12-7-17-35-22)24(32)30-18-8-3-1-4-9-18/h2,5-7,10-18,23H,1,3-4,8-9H2,(H,30,32)/t23-/m1/s1. The van der Waals surface area contributed by atoms with Crippen LogP contribution in [0.3, 0.4) is 0 Å². The molecule has 3 aromatic rings. The number of hydrogen-bond donors (Lipinski definition) is 1. The lowest BCUT2D eigenvalue weighted by Crippen LogP contribution is -2.50. The summed E-state index contributed by atoms with van der Waals surface area (Å²) in [6.45, 7) is 0. The Hall–Kier alpha value is -3.33. The zero-order valence-electron chi connectivity index (χ0n) is 18.8. The predicted molar refractivity (Wildman–Crippen MR) is 129 cm³/mol. The highest BCUT2D eigenvalue weighted by molar-refractivity contribution is 7.10. The van der Waals surface area contributed by atoms with E-state index in [2.05, 4.69) is 5.32 Å². The first-order valence-electron chi connectivity index (χ1n) is 11.4. The van der Waals surface area contributed by atoms with Gasteiger partial charge in [-0.25, -0.2) is 0 Å². The van der Waals surface area contributed by atoms with Gasteiger partial charge >= 0.3 is 12.1 Å². The molecule has 0 bridgehead atoms. The molecule has 9 heteroatoms. The minimum Gasteiger partial charge on any atom is -0.457 e. The number of alkyl halides is 3. The second-order valence-corrected chi connectivity index (χ2v) is 9.32. The number of para-hydroxylation sites is 1. The predicted octanol–water partition coefficient (Wildman–Crippen LogP) is 6.63. The quantitative estimate of drug-likeness (QED) is 0.395. The Morgan fingerprint density at radius 1 is 0.914 bits per heavy atom. The first-order chi connectivity index (χ1) is 16.8. The van der Waals surface area contributed by atoms with Crippen molar-refractivity contribution in [3.63, 3.8) is 0 Å². The summed E-state index contributed by atoms with van der Waals surface area (Å²) in [6.07, 6.45) is -0.675. The molecule has 0 spiro atoms. The van der Waals surface area contributed by atoms with Gasteiger partial charge in [0.1, 0.15) is 11.5 Å². The van der Waals surface area contributed by atoms with Gasteiger partial charge < -0.3 is 10.1 Å². The number of nitrogens with one attached hydrogen (secondary N) is 1. The average Bonchev–Trinajstić information content (AvgIpc) is 3.38. The molecule has 1 aliphatic rings. The normalized spacial score (nSPS) is 15.3. The molecule has 1 saturated carbocycles. The van der Waals surface area contributed by atoms with E-state index in [1.54, 1.807) is 41.8 Å². The van der Waals surface area contributed by atoms with Crippen LogP contribution in [0, 0.1) is 0 Å². The van der Waals surface area contributed by atoms with Crippen LogP contribution in [0.25, 0.3) is 0 Å². The molecule has 5 nitrogen and oxygen atoms in total. The minimum absolute atomic E-state index is 0.0510.